The third-order valence-electron chi connectivity index (χ3n) is 6.03. The standard InChI is InChI=1S/C26H31N7O2/c1-34-22-10-9-19(17-23(22)35-16-6-15-33-13-4-5-14-33)29-26-27-12-11-24(32-26)28-18-25-30-20-7-2-3-8-21(20)31-25/h2-3,7-12,17H,4-6,13-16,18H2,1H3,(H,30,31)(H2,27,28,29,32). The summed E-state index contributed by atoms with van der Waals surface area (Å²) in [6, 6.07) is 15.5. The van der Waals surface area contributed by atoms with Crippen LogP contribution in [0.1, 0.15) is 25.1 Å². The number of rotatable bonds is 11. The molecule has 35 heavy (non-hydrogen) atoms. The van der Waals surface area contributed by atoms with Gasteiger partial charge in [-0.1, -0.05) is 12.1 Å². The number of aromatic amines is 1. The number of anilines is 3. The molecule has 0 aliphatic carbocycles. The van der Waals surface area contributed by atoms with Gasteiger partial charge in [-0.05, 0) is 62.7 Å². The normalized spacial score (nSPS) is 13.7. The summed E-state index contributed by atoms with van der Waals surface area (Å²) in [6.07, 6.45) is 5.32. The molecule has 0 amide bonds. The Morgan fingerprint density at radius 1 is 1.03 bits per heavy atom. The summed E-state index contributed by atoms with van der Waals surface area (Å²) in [5, 5.41) is 6.56. The van der Waals surface area contributed by atoms with Crippen molar-refractivity contribution in [2.24, 2.45) is 0 Å². The maximum atomic E-state index is 6.05. The lowest BCUT2D eigenvalue weighted by molar-refractivity contribution is 0.254. The Kier molecular flexibility index (Phi) is 7.24. The minimum Gasteiger partial charge on any atom is -0.493 e. The summed E-state index contributed by atoms with van der Waals surface area (Å²) >= 11 is 0. The van der Waals surface area contributed by atoms with Crippen molar-refractivity contribution in [2.45, 2.75) is 25.8 Å². The molecular formula is C26H31N7O2. The predicted molar refractivity (Wildman–Crippen MR) is 138 cm³/mol. The van der Waals surface area contributed by atoms with Crippen LogP contribution < -0.4 is 20.1 Å². The van der Waals surface area contributed by atoms with Crippen LogP contribution in [0.5, 0.6) is 11.5 Å². The topological polar surface area (TPSA) is 100 Å². The number of likely N-dealkylation sites (tertiary alicyclic amines) is 1. The van der Waals surface area contributed by atoms with Gasteiger partial charge < -0.3 is 30.0 Å². The van der Waals surface area contributed by atoms with Gasteiger partial charge >= 0.3 is 0 Å². The fraction of sp³-hybridized carbons (Fsp3) is 0.346. The number of nitrogens with one attached hydrogen (secondary N) is 3. The summed E-state index contributed by atoms with van der Waals surface area (Å²) in [5.74, 6) is 3.46. The molecule has 2 aromatic heterocycles. The predicted octanol–water partition coefficient (Wildman–Crippen LogP) is 4.58. The fourth-order valence-corrected chi connectivity index (χ4v) is 4.25. The number of nitrogens with zero attached hydrogens (tertiary/aromatic N) is 4. The summed E-state index contributed by atoms with van der Waals surface area (Å²) < 4.78 is 11.5. The van der Waals surface area contributed by atoms with Gasteiger partial charge in [-0.25, -0.2) is 9.97 Å². The number of methoxy groups -OCH3 is 1. The highest BCUT2D eigenvalue weighted by Gasteiger charge is 2.12. The van der Waals surface area contributed by atoms with Crippen molar-refractivity contribution >= 4 is 28.5 Å². The molecule has 4 aromatic rings. The van der Waals surface area contributed by atoms with Crippen LogP contribution >= 0.6 is 0 Å². The molecule has 9 heteroatoms. The van der Waals surface area contributed by atoms with Crippen molar-refractivity contribution in [1.82, 2.24) is 24.8 Å². The van der Waals surface area contributed by atoms with E-state index in [0.717, 1.165) is 35.5 Å². The molecule has 0 radical (unpaired) electrons. The molecule has 3 N–H and O–H groups in total. The summed E-state index contributed by atoms with van der Waals surface area (Å²) in [5.41, 5.74) is 2.79. The van der Waals surface area contributed by atoms with Gasteiger partial charge in [-0.15, -0.1) is 0 Å². The van der Waals surface area contributed by atoms with Crippen molar-refractivity contribution in [1.29, 1.82) is 0 Å². The lowest BCUT2D eigenvalue weighted by Crippen LogP contribution is -2.21. The third-order valence-corrected chi connectivity index (χ3v) is 6.03. The molecule has 1 aliphatic rings. The van der Waals surface area contributed by atoms with E-state index in [1.807, 2.05) is 48.5 Å². The van der Waals surface area contributed by atoms with E-state index in [4.69, 9.17) is 9.47 Å². The first-order valence-electron chi connectivity index (χ1n) is 12.1. The Hall–Kier alpha value is -3.85. The molecule has 2 aromatic carbocycles. The minimum atomic E-state index is 0.491. The molecule has 0 spiro atoms. The van der Waals surface area contributed by atoms with Crippen LogP contribution in [-0.4, -0.2) is 58.2 Å². The lowest BCUT2D eigenvalue weighted by Gasteiger charge is -2.16. The molecule has 182 valence electrons. The second-order valence-electron chi connectivity index (χ2n) is 8.56. The molecule has 0 atom stereocenters. The van der Waals surface area contributed by atoms with E-state index in [2.05, 4.69) is 35.5 Å². The van der Waals surface area contributed by atoms with Crippen molar-refractivity contribution in [3.05, 3.63) is 60.6 Å². The Morgan fingerprint density at radius 3 is 2.77 bits per heavy atom. The Bertz CT molecular complexity index is 1220. The number of para-hydroxylation sites is 2. The number of aromatic nitrogens is 4. The number of hydrogen-bond acceptors (Lipinski definition) is 8. The first-order valence-corrected chi connectivity index (χ1v) is 12.1. The van der Waals surface area contributed by atoms with Gasteiger partial charge in [0.05, 0.1) is 31.3 Å². The molecule has 3 heterocycles. The fourth-order valence-electron chi connectivity index (χ4n) is 4.25. The Labute approximate surface area is 204 Å². The molecular weight excluding hydrogens is 442 g/mol. The van der Waals surface area contributed by atoms with Gasteiger partial charge in [-0.3, -0.25) is 0 Å². The van der Waals surface area contributed by atoms with Crippen LogP contribution in [0.15, 0.2) is 54.7 Å². The van der Waals surface area contributed by atoms with Gasteiger partial charge in [0.15, 0.2) is 11.5 Å². The van der Waals surface area contributed by atoms with Crippen LogP contribution in [0.3, 0.4) is 0 Å². The quantitative estimate of drug-likeness (QED) is 0.272. The molecule has 5 rings (SSSR count). The van der Waals surface area contributed by atoms with E-state index in [-0.39, 0.29) is 0 Å². The van der Waals surface area contributed by atoms with E-state index < -0.39 is 0 Å². The number of benzene rings is 2. The van der Waals surface area contributed by atoms with E-state index in [9.17, 15) is 0 Å². The second kappa shape index (κ2) is 11.1. The highest BCUT2D eigenvalue weighted by Crippen LogP contribution is 2.31. The average Bonchev–Trinajstić information content (AvgIpc) is 3.55. The molecule has 1 saturated heterocycles. The van der Waals surface area contributed by atoms with Crippen molar-refractivity contribution in [3.8, 4) is 11.5 Å². The third kappa shape index (κ3) is 5.99. The first kappa shape index (κ1) is 22.9. The maximum Gasteiger partial charge on any atom is 0.229 e. The smallest absolute Gasteiger partial charge is 0.229 e. The van der Waals surface area contributed by atoms with Gasteiger partial charge in [0.25, 0.3) is 0 Å². The van der Waals surface area contributed by atoms with Crippen LogP contribution in [0.4, 0.5) is 17.5 Å². The zero-order valence-corrected chi connectivity index (χ0v) is 20.0. The molecule has 0 bridgehead atoms. The SMILES string of the molecule is COc1ccc(Nc2nccc(NCc3nc4ccccc4[nH]3)n2)cc1OCCCN1CCCC1. The van der Waals surface area contributed by atoms with Gasteiger partial charge in [0.1, 0.15) is 11.6 Å². The van der Waals surface area contributed by atoms with E-state index in [0.29, 0.717) is 36.4 Å². The monoisotopic (exact) mass is 473 g/mol. The zero-order chi connectivity index (χ0) is 23.9. The number of hydrogen-bond donors (Lipinski definition) is 3. The first-order chi connectivity index (χ1) is 17.3. The number of ether oxygens (including phenoxy) is 2. The van der Waals surface area contributed by atoms with Crippen LogP contribution in [0.2, 0.25) is 0 Å². The highest BCUT2D eigenvalue weighted by atomic mass is 16.5. The molecule has 9 nitrogen and oxygen atoms in total. The summed E-state index contributed by atoms with van der Waals surface area (Å²) in [6.45, 7) is 4.66. The summed E-state index contributed by atoms with van der Waals surface area (Å²) in [7, 11) is 1.65. The molecule has 0 saturated carbocycles. The van der Waals surface area contributed by atoms with Crippen molar-refractivity contribution in [2.75, 3.05) is 44.0 Å². The Morgan fingerprint density at radius 2 is 1.91 bits per heavy atom. The molecule has 1 fully saturated rings. The average molecular weight is 474 g/mol. The Balaban J connectivity index is 1.18. The van der Waals surface area contributed by atoms with Gasteiger partial charge in [-0.2, -0.15) is 4.98 Å². The van der Waals surface area contributed by atoms with Gasteiger partial charge in [0, 0.05) is 24.5 Å². The highest BCUT2D eigenvalue weighted by molar-refractivity contribution is 5.74. The van der Waals surface area contributed by atoms with Crippen molar-refractivity contribution < 1.29 is 9.47 Å². The van der Waals surface area contributed by atoms with E-state index in [1.165, 1.54) is 25.9 Å². The second-order valence-corrected chi connectivity index (χ2v) is 8.56. The lowest BCUT2D eigenvalue weighted by atomic mass is 10.2. The zero-order valence-electron chi connectivity index (χ0n) is 20.0. The van der Waals surface area contributed by atoms with Crippen LogP contribution in [0.25, 0.3) is 11.0 Å². The molecule has 1 aliphatic heterocycles. The number of fused-ring (bicyclic) bond motifs is 1. The summed E-state index contributed by atoms with van der Waals surface area (Å²) in [4.78, 5) is 19.3. The largest absolute Gasteiger partial charge is 0.493 e. The van der Waals surface area contributed by atoms with E-state index in [1.54, 1.807) is 13.3 Å². The van der Waals surface area contributed by atoms with Crippen molar-refractivity contribution in [3.63, 3.8) is 0 Å². The number of imidazole rings is 1. The maximum absolute atomic E-state index is 6.05. The van der Waals surface area contributed by atoms with Crippen LogP contribution in [0, 0.1) is 0 Å². The van der Waals surface area contributed by atoms with Gasteiger partial charge in [0.2, 0.25) is 5.95 Å². The molecule has 0 unspecified atom stereocenters. The van der Waals surface area contributed by atoms with Crippen LogP contribution in [-0.2, 0) is 6.54 Å². The minimum absolute atomic E-state index is 0.491. The number of H-pyrrole nitrogens is 1. The van der Waals surface area contributed by atoms with E-state index >= 15 is 0 Å².